The van der Waals surface area contributed by atoms with Gasteiger partial charge in [0.1, 0.15) is 5.82 Å². The highest BCUT2D eigenvalue weighted by atomic mass is 19.1. The van der Waals surface area contributed by atoms with Gasteiger partial charge in [0, 0.05) is 19.2 Å². The number of amides is 1. The van der Waals surface area contributed by atoms with Crippen LogP contribution in [-0.4, -0.2) is 24.4 Å². The number of likely N-dealkylation sites (N-methyl/N-ethyl adjacent to an activating group) is 1. The third-order valence-electron chi connectivity index (χ3n) is 2.27. The van der Waals surface area contributed by atoms with E-state index >= 15 is 0 Å². The van der Waals surface area contributed by atoms with E-state index in [-0.39, 0.29) is 11.7 Å². The molecule has 72 valence electrons. The molecule has 0 saturated heterocycles. The van der Waals surface area contributed by atoms with Gasteiger partial charge in [0.2, 0.25) is 0 Å². The topological polar surface area (TPSA) is 20.3 Å². The van der Waals surface area contributed by atoms with Crippen LogP contribution in [0.15, 0.2) is 24.3 Å². The van der Waals surface area contributed by atoms with Crippen molar-refractivity contribution in [1.29, 1.82) is 0 Å². The Morgan fingerprint density at radius 3 is 3.00 bits per heavy atom. The minimum Gasteiger partial charge on any atom is -0.338 e. The van der Waals surface area contributed by atoms with Crippen molar-refractivity contribution in [2.24, 2.45) is 0 Å². The molecule has 3 heteroatoms. The highest BCUT2D eigenvalue weighted by Gasteiger charge is 2.16. The highest BCUT2D eigenvalue weighted by molar-refractivity contribution is 5.98. The first-order valence-corrected chi connectivity index (χ1v) is 4.40. The van der Waals surface area contributed by atoms with Gasteiger partial charge in [-0.1, -0.05) is 12.2 Å². The molecule has 1 aliphatic heterocycles. The van der Waals surface area contributed by atoms with Gasteiger partial charge >= 0.3 is 0 Å². The van der Waals surface area contributed by atoms with Crippen LogP contribution in [-0.2, 0) is 0 Å². The summed E-state index contributed by atoms with van der Waals surface area (Å²) in [4.78, 5) is 13.3. The molecule has 0 unspecified atom stereocenters. The van der Waals surface area contributed by atoms with Gasteiger partial charge in [-0.2, -0.15) is 0 Å². The van der Waals surface area contributed by atoms with Crippen molar-refractivity contribution < 1.29 is 9.18 Å². The van der Waals surface area contributed by atoms with E-state index in [1.165, 1.54) is 18.2 Å². The zero-order valence-electron chi connectivity index (χ0n) is 7.83. The summed E-state index contributed by atoms with van der Waals surface area (Å²) in [6.45, 7) is 0.565. The monoisotopic (exact) mass is 191 g/mol. The molecule has 0 spiro atoms. The minimum atomic E-state index is -0.314. The van der Waals surface area contributed by atoms with Gasteiger partial charge in [0.05, 0.1) is 0 Å². The highest BCUT2D eigenvalue weighted by Crippen LogP contribution is 2.17. The second kappa shape index (κ2) is 3.25. The van der Waals surface area contributed by atoms with Gasteiger partial charge in [-0.05, 0) is 23.8 Å². The summed E-state index contributed by atoms with van der Waals surface area (Å²) in [5, 5.41) is 0. The maximum atomic E-state index is 12.9. The molecule has 0 aliphatic carbocycles. The second-order valence-electron chi connectivity index (χ2n) is 3.32. The van der Waals surface area contributed by atoms with Crippen LogP contribution in [0.4, 0.5) is 4.39 Å². The van der Waals surface area contributed by atoms with Gasteiger partial charge in [0.15, 0.2) is 0 Å². The van der Waals surface area contributed by atoms with Crippen molar-refractivity contribution in [1.82, 2.24) is 4.90 Å². The summed E-state index contributed by atoms with van der Waals surface area (Å²) in [6.07, 6.45) is 3.63. The Morgan fingerprint density at radius 1 is 1.43 bits per heavy atom. The molecule has 0 radical (unpaired) electrons. The summed E-state index contributed by atoms with van der Waals surface area (Å²) in [7, 11) is 1.73. The van der Waals surface area contributed by atoms with Crippen molar-refractivity contribution in [3.05, 3.63) is 41.2 Å². The lowest BCUT2D eigenvalue weighted by atomic mass is 10.1. The smallest absolute Gasteiger partial charge is 0.254 e. The van der Waals surface area contributed by atoms with E-state index in [0.29, 0.717) is 17.7 Å². The zero-order valence-corrected chi connectivity index (χ0v) is 7.83. The molecule has 2 rings (SSSR count). The summed E-state index contributed by atoms with van der Waals surface area (Å²) in [5.41, 5.74) is 1.21. The molecule has 0 atom stereocenters. The van der Waals surface area contributed by atoms with Crippen LogP contribution in [0, 0.1) is 5.82 Å². The molecule has 2 nitrogen and oxygen atoms in total. The number of carbonyl (C=O) groups is 1. The van der Waals surface area contributed by atoms with E-state index in [1.54, 1.807) is 18.0 Å². The Bertz CT molecular complexity index is 412. The van der Waals surface area contributed by atoms with E-state index in [0.717, 1.165) is 0 Å². The van der Waals surface area contributed by atoms with Crippen molar-refractivity contribution >= 4 is 12.0 Å². The van der Waals surface area contributed by atoms with Crippen LogP contribution >= 0.6 is 0 Å². The fourth-order valence-electron chi connectivity index (χ4n) is 1.49. The molecule has 0 saturated carbocycles. The minimum absolute atomic E-state index is 0.0648. The zero-order chi connectivity index (χ0) is 10.1. The van der Waals surface area contributed by atoms with Crippen molar-refractivity contribution in [2.45, 2.75) is 0 Å². The first-order chi connectivity index (χ1) is 6.68. The van der Waals surface area contributed by atoms with Gasteiger partial charge in [0.25, 0.3) is 5.91 Å². The average molecular weight is 191 g/mol. The molecular weight excluding hydrogens is 181 g/mol. The number of nitrogens with zero attached hydrogens (tertiary/aromatic N) is 1. The summed E-state index contributed by atoms with van der Waals surface area (Å²) < 4.78 is 12.9. The Labute approximate surface area is 81.6 Å². The van der Waals surface area contributed by atoms with E-state index in [4.69, 9.17) is 0 Å². The van der Waals surface area contributed by atoms with E-state index in [1.807, 2.05) is 6.08 Å². The Balaban J connectivity index is 2.56. The van der Waals surface area contributed by atoms with Crippen LogP contribution in [0.3, 0.4) is 0 Å². The molecule has 1 aromatic rings. The third-order valence-corrected chi connectivity index (χ3v) is 2.27. The normalized spacial score (nSPS) is 15.3. The Morgan fingerprint density at radius 2 is 2.21 bits per heavy atom. The molecule has 14 heavy (non-hydrogen) atoms. The van der Waals surface area contributed by atoms with E-state index < -0.39 is 0 Å². The SMILES string of the molecule is CN1CC=Cc2cc(F)ccc2C1=O. The third kappa shape index (κ3) is 1.41. The van der Waals surface area contributed by atoms with Crippen LogP contribution in [0.25, 0.3) is 6.08 Å². The number of hydrogen-bond donors (Lipinski definition) is 0. The first kappa shape index (κ1) is 8.94. The molecule has 1 aromatic carbocycles. The quantitative estimate of drug-likeness (QED) is 0.613. The van der Waals surface area contributed by atoms with Crippen LogP contribution in [0.5, 0.6) is 0 Å². The van der Waals surface area contributed by atoms with E-state index in [2.05, 4.69) is 0 Å². The number of rotatable bonds is 0. The maximum absolute atomic E-state index is 12.9. The van der Waals surface area contributed by atoms with E-state index in [9.17, 15) is 9.18 Å². The molecule has 1 aliphatic rings. The van der Waals surface area contributed by atoms with Gasteiger partial charge in [-0.15, -0.1) is 0 Å². The average Bonchev–Trinajstić information content (AvgIpc) is 2.28. The molecule has 0 fully saturated rings. The van der Waals surface area contributed by atoms with Gasteiger partial charge < -0.3 is 4.90 Å². The van der Waals surface area contributed by atoms with Gasteiger partial charge in [-0.3, -0.25) is 4.79 Å². The molecule has 1 amide bonds. The van der Waals surface area contributed by atoms with Crippen molar-refractivity contribution in [3.63, 3.8) is 0 Å². The maximum Gasteiger partial charge on any atom is 0.254 e. The predicted molar refractivity (Wildman–Crippen MR) is 52.4 cm³/mol. The lowest BCUT2D eigenvalue weighted by Crippen LogP contribution is -2.26. The number of fused-ring (bicyclic) bond motifs is 1. The number of carbonyl (C=O) groups excluding carboxylic acids is 1. The Hall–Kier alpha value is -1.64. The largest absolute Gasteiger partial charge is 0.338 e. The Kier molecular flexibility index (Phi) is 2.08. The van der Waals surface area contributed by atoms with Crippen LogP contribution < -0.4 is 0 Å². The van der Waals surface area contributed by atoms with Crippen LogP contribution in [0.2, 0.25) is 0 Å². The van der Waals surface area contributed by atoms with Gasteiger partial charge in [-0.25, -0.2) is 4.39 Å². The fraction of sp³-hybridized carbons (Fsp3) is 0.182. The summed E-state index contributed by atoms with van der Waals surface area (Å²) >= 11 is 0. The molecule has 0 bridgehead atoms. The number of halogens is 1. The molecule has 0 N–H and O–H groups in total. The lowest BCUT2D eigenvalue weighted by Gasteiger charge is -2.13. The van der Waals surface area contributed by atoms with Crippen LogP contribution in [0.1, 0.15) is 15.9 Å². The predicted octanol–water partition coefficient (Wildman–Crippen LogP) is 1.92. The van der Waals surface area contributed by atoms with Crippen molar-refractivity contribution in [2.75, 3.05) is 13.6 Å². The second-order valence-corrected chi connectivity index (χ2v) is 3.32. The summed E-state index contributed by atoms with van der Waals surface area (Å²) in [6, 6.07) is 4.21. The number of hydrogen-bond acceptors (Lipinski definition) is 1. The van der Waals surface area contributed by atoms with Crippen molar-refractivity contribution in [3.8, 4) is 0 Å². The fourth-order valence-corrected chi connectivity index (χ4v) is 1.49. The molecule has 0 aromatic heterocycles. The molecule has 1 heterocycles. The first-order valence-electron chi connectivity index (χ1n) is 4.40. The standard InChI is InChI=1S/C11H10FNO/c1-13-6-2-3-8-7-9(12)4-5-10(8)11(13)14/h2-5,7H,6H2,1H3. The lowest BCUT2D eigenvalue weighted by molar-refractivity contribution is 0.0811. The number of benzene rings is 1. The summed E-state index contributed by atoms with van der Waals surface area (Å²) in [5.74, 6) is -0.379. The molecular formula is C11H10FNO.